The number of benzene rings is 2. The molecule has 9 nitrogen and oxygen atoms in total. The van der Waals surface area contributed by atoms with Gasteiger partial charge < -0.3 is 14.0 Å². The molecule has 0 bridgehead atoms. The second-order valence-electron chi connectivity index (χ2n) is 7.26. The number of hydrogen-bond acceptors (Lipinski definition) is 6. The molecule has 0 aliphatic heterocycles. The van der Waals surface area contributed by atoms with Gasteiger partial charge >= 0.3 is 11.7 Å². The Balaban J connectivity index is 1.89. The lowest BCUT2D eigenvalue weighted by Crippen LogP contribution is -2.39. The Morgan fingerprint density at radius 3 is 2.55 bits per heavy atom. The van der Waals surface area contributed by atoms with Gasteiger partial charge in [0.1, 0.15) is 5.75 Å². The van der Waals surface area contributed by atoms with Gasteiger partial charge in [-0.3, -0.25) is 9.36 Å². The minimum Gasteiger partial charge on any atom is -0.497 e. The van der Waals surface area contributed by atoms with E-state index < -0.39 is 17.2 Å². The van der Waals surface area contributed by atoms with Crippen LogP contribution < -0.4 is 16.0 Å². The van der Waals surface area contributed by atoms with Crippen LogP contribution in [0.25, 0.3) is 16.9 Å². The van der Waals surface area contributed by atoms with Gasteiger partial charge in [0.25, 0.3) is 5.56 Å². The number of rotatable bonds is 7. The van der Waals surface area contributed by atoms with Gasteiger partial charge in [-0.25, -0.2) is 19.1 Å². The molecule has 0 aliphatic carbocycles. The fraction of sp³-hybridized carbons (Fsp3) is 0.167. The zero-order valence-corrected chi connectivity index (χ0v) is 18.2. The van der Waals surface area contributed by atoms with E-state index in [1.54, 1.807) is 53.1 Å². The molecule has 9 heteroatoms. The van der Waals surface area contributed by atoms with E-state index in [0.717, 1.165) is 10.1 Å². The molecule has 0 atom stereocenters. The van der Waals surface area contributed by atoms with Crippen LogP contribution in [0, 0.1) is 0 Å². The minimum absolute atomic E-state index is 0.0522. The zero-order valence-electron chi connectivity index (χ0n) is 18.2. The van der Waals surface area contributed by atoms with Gasteiger partial charge in [0.15, 0.2) is 11.2 Å². The first-order chi connectivity index (χ1) is 16.0. The molecule has 168 valence electrons. The highest BCUT2D eigenvalue weighted by molar-refractivity contribution is 5.89. The summed E-state index contributed by atoms with van der Waals surface area (Å²) >= 11 is 0. The maximum atomic E-state index is 13.3. The molecule has 2 aromatic carbocycles. The molecule has 0 aliphatic rings. The average Bonchev–Trinajstić information content (AvgIpc) is 3.25. The number of ether oxygens (including phenoxy) is 2. The van der Waals surface area contributed by atoms with Gasteiger partial charge in [-0.05, 0) is 29.8 Å². The van der Waals surface area contributed by atoms with Crippen molar-refractivity contribution in [2.24, 2.45) is 0 Å². The summed E-state index contributed by atoms with van der Waals surface area (Å²) < 4.78 is 14.2. The zero-order chi connectivity index (χ0) is 23.5. The highest BCUT2D eigenvalue weighted by atomic mass is 16.5. The first-order valence-electron chi connectivity index (χ1n) is 10.1. The van der Waals surface area contributed by atoms with Crippen molar-refractivity contribution in [3.63, 3.8) is 0 Å². The van der Waals surface area contributed by atoms with Crippen LogP contribution in [-0.2, 0) is 17.8 Å². The van der Waals surface area contributed by atoms with Gasteiger partial charge in [-0.1, -0.05) is 24.3 Å². The fourth-order valence-electron chi connectivity index (χ4n) is 3.63. The summed E-state index contributed by atoms with van der Waals surface area (Å²) in [5, 5.41) is 0. The van der Waals surface area contributed by atoms with E-state index in [1.165, 1.54) is 31.2 Å². The van der Waals surface area contributed by atoms with E-state index >= 15 is 0 Å². The summed E-state index contributed by atoms with van der Waals surface area (Å²) in [7, 11) is 2.86. The molecule has 4 rings (SSSR count). The van der Waals surface area contributed by atoms with Crippen molar-refractivity contribution >= 4 is 17.1 Å². The van der Waals surface area contributed by atoms with Crippen molar-refractivity contribution in [1.82, 2.24) is 18.7 Å². The number of carbonyl (C=O) groups is 1. The van der Waals surface area contributed by atoms with Crippen molar-refractivity contribution in [2.45, 2.75) is 13.1 Å². The van der Waals surface area contributed by atoms with Crippen molar-refractivity contribution < 1.29 is 14.3 Å². The molecule has 0 saturated heterocycles. The van der Waals surface area contributed by atoms with E-state index in [0.29, 0.717) is 23.5 Å². The van der Waals surface area contributed by atoms with Crippen LogP contribution in [0.1, 0.15) is 15.9 Å². The standard InChI is InChI=1S/C24H22N4O5/c1-4-12-27-22(29)20-21(28(24(27)31)18-6-5-7-19(13-18)32-2)25-15-26(20)14-16-8-10-17(11-9-16)23(30)33-3/h4-11,13,15H,1,12,14H2,2-3H3. The molecule has 0 spiro atoms. The molecule has 33 heavy (non-hydrogen) atoms. The Bertz CT molecular complexity index is 1460. The maximum Gasteiger partial charge on any atom is 0.337 e. The molecule has 0 fully saturated rings. The number of fused-ring (bicyclic) bond motifs is 1. The average molecular weight is 446 g/mol. The van der Waals surface area contributed by atoms with Gasteiger partial charge in [-0.15, -0.1) is 6.58 Å². The highest BCUT2D eigenvalue weighted by Gasteiger charge is 2.19. The van der Waals surface area contributed by atoms with E-state index in [9.17, 15) is 14.4 Å². The smallest absolute Gasteiger partial charge is 0.337 e. The molecule has 0 saturated carbocycles. The van der Waals surface area contributed by atoms with Crippen LogP contribution in [0.5, 0.6) is 5.75 Å². The molecule has 0 unspecified atom stereocenters. The summed E-state index contributed by atoms with van der Waals surface area (Å²) in [6, 6.07) is 13.8. The summed E-state index contributed by atoms with van der Waals surface area (Å²) in [6.07, 6.45) is 3.02. The third-order valence-corrected chi connectivity index (χ3v) is 5.25. The number of aromatic nitrogens is 4. The molecule has 0 radical (unpaired) electrons. The van der Waals surface area contributed by atoms with Crippen molar-refractivity contribution in [3.05, 3.63) is 99.5 Å². The Morgan fingerprint density at radius 1 is 1.12 bits per heavy atom. The monoisotopic (exact) mass is 446 g/mol. The molecule has 0 amide bonds. The predicted molar refractivity (Wildman–Crippen MR) is 123 cm³/mol. The first kappa shape index (κ1) is 21.8. The lowest BCUT2D eigenvalue weighted by molar-refractivity contribution is 0.0600. The number of carbonyl (C=O) groups excluding carboxylic acids is 1. The van der Waals surface area contributed by atoms with Crippen LogP contribution in [0.15, 0.2) is 77.1 Å². The van der Waals surface area contributed by atoms with E-state index in [4.69, 9.17) is 9.47 Å². The minimum atomic E-state index is -0.520. The Labute approximate surface area is 188 Å². The van der Waals surface area contributed by atoms with E-state index in [1.807, 2.05) is 0 Å². The van der Waals surface area contributed by atoms with Crippen molar-refractivity contribution in [2.75, 3.05) is 14.2 Å². The van der Waals surface area contributed by atoms with Crippen LogP contribution in [-0.4, -0.2) is 38.9 Å². The van der Waals surface area contributed by atoms with Gasteiger partial charge in [-0.2, -0.15) is 0 Å². The third-order valence-electron chi connectivity index (χ3n) is 5.25. The molecular formula is C24H22N4O5. The maximum absolute atomic E-state index is 13.3. The quantitative estimate of drug-likeness (QED) is 0.319. The van der Waals surface area contributed by atoms with Crippen LogP contribution in [0.2, 0.25) is 0 Å². The number of hydrogen-bond donors (Lipinski definition) is 0. The Morgan fingerprint density at radius 2 is 1.88 bits per heavy atom. The highest BCUT2D eigenvalue weighted by Crippen LogP contribution is 2.19. The normalized spacial score (nSPS) is 10.8. The Hall–Kier alpha value is -4.40. The third kappa shape index (κ3) is 3.96. The Kier molecular flexibility index (Phi) is 5.95. The van der Waals surface area contributed by atoms with Crippen LogP contribution >= 0.6 is 0 Å². The lowest BCUT2D eigenvalue weighted by Gasteiger charge is -2.12. The number of allylic oxidation sites excluding steroid dienone is 1. The van der Waals surface area contributed by atoms with Crippen LogP contribution in [0.3, 0.4) is 0 Å². The number of methoxy groups -OCH3 is 2. The number of imidazole rings is 1. The summed E-state index contributed by atoms with van der Waals surface area (Å²) in [5.41, 5.74) is 1.33. The second kappa shape index (κ2) is 8.99. The molecule has 4 aromatic rings. The molecule has 2 heterocycles. The van der Waals surface area contributed by atoms with Crippen LogP contribution in [0.4, 0.5) is 0 Å². The summed E-state index contributed by atoms with van der Waals surface area (Å²) in [5.74, 6) is 0.142. The molecular weight excluding hydrogens is 424 g/mol. The van der Waals surface area contributed by atoms with E-state index in [2.05, 4.69) is 11.6 Å². The van der Waals surface area contributed by atoms with Crippen molar-refractivity contribution in [1.29, 1.82) is 0 Å². The van der Waals surface area contributed by atoms with Gasteiger partial charge in [0.2, 0.25) is 0 Å². The summed E-state index contributed by atoms with van der Waals surface area (Å²) in [4.78, 5) is 42.6. The second-order valence-corrected chi connectivity index (χ2v) is 7.26. The van der Waals surface area contributed by atoms with Crippen molar-refractivity contribution in [3.8, 4) is 11.4 Å². The molecule has 0 N–H and O–H groups in total. The SMILES string of the molecule is C=CCn1c(=O)c2c(ncn2Cc2ccc(C(=O)OC)cc2)n(-c2cccc(OC)c2)c1=O. The topological polar surface area (TPSA) is 97.4 Å². The largest absolute Gasteiger partial charge is 0.497 e. The first-order valence-corrected chi connectivity index (χ1v) is 10.1. The summed E-state index contributed by atoms with van der Waals surface area (Å²) in [6.45, 7) is 4.04. The fourth-order valence-corrected chi connectivity index (χ4v) is 3.63. The lowest BCUT2D eigenvalue weighted by atomic mass is 10.1. The number of nitrogens with zero attached hydrogens (tertiary/aromatic N) is 4. The van der Waals surface area contributed by atoms with Gasteiger partial charge in [0, 0.05) is 19.2 Å². The van der Waals surface area contributed by atoms with Gasteiger partial charge in [0.05, 0.1) is 31.8 Å². The predicted octanol–water partition coefficient (Wildman–Crippen LogP) is 2.38. The molecule has 2 aromatic heterocycles. The van der Waals surface area contributed by atoms with E-state index in [-0.39, 0.29) is 17.7 Å². The number of esters is 1.